The molecule has 0 spiro atoms. The van der Waals surface area contributed by atoms with E-state index in [9.17, 15) is 13.6 Å². The molecule has 1 saturated heterocycles. The van der Waals surface area contributed by atoms with Gasteiger partial charge in [0.25, 0.3) is 0 Å². The molecule has 6 rings (SSSR count). The van der Waals surface area contributed by atoms with Crippen molar-refractivity contribution in [2.24, 2.45) is 5.92 Å². The van der Waals surface area contributed by atoms with E-state index in [1.54, 1.807) is 4.90 Å². The number of amides is 1. The van der Waals surface area contributed by atoms with Crippen LogP contribution in [0.1, 0.15) is 29.7 Å². The average molecular weight is 631 g/mol. The van der Waals surface area contributed by atoms with Crippen LogP contribution in [-0.2, 0) is 17.8 Å². The topological polar surface area (TPSA) is 82.3 Å². The Kier molecular flexibility index (Phi) is 9.04. The standard InChI is InChI=1S/C34H40F2N8O2/c1-5-30(45)44-12-11-43(21-26(44)18-37-3)32-27-9-10-42(29-19-38-17-25-8-6-7-23(2)31(25)29)22-28(27)39-33(40-32)46-14-13-41(4)20-24-15-34(35,36)16-24/h5-8,17,19,24,26H,1,9-16,18,20-22H2,2,4H3/t26-/m0/s1. The third-order valence-corrected chi connectivity index (χ3v) is 9.33. The lowest BCUT2D eigenvalue weighted by atomic mass is 9.81. The Morgan fingerprint density at radius 3 is 2.80 bits per heavy atom. The van der Waals surface area contributed by atoms with E-state index >= 15 is 0 Å². The molecule has 2 aliphatic heterocycles. The summed E-state index contributed by atoms with van der Waals surface area (Å²) < 4.78 is 32.8. The molecule has 46 heavy (non-hydrogen) atoms. The molecule has 1 saturated carbocycles. The molecule has 1 aromatic carbocycles. The number of benzene rings is 1. The molecule has 10 nitrogen and oxygen atoms in total. The fourth-order valence-electron chi connectivity index (χ4n) is 7.02. The van der Waals surface area contributed by atoms with Crippen molar-refractivity contribution in [1.82, 2.24) is 24.8 Å². The number of alkyl halides is 2. The molecule has 2 aromatic heterocycles. The molecule has 0 radical (unpaired) electrons. The highest BCUT2D eigenvalue weighted by Crippen LogP contribution is 2.42. The monoisotopic (exact) mass is 630 g/mol. The Bertz CT molecular complexity index is 1650. The van der Waals surface area contributed by atoms with Gasteiger partial charge in [-0.15, -0.1) is 0 Å². The van der Waals surface area contributed by atoms with Crippen LogP contribution < -0.4 is 14.5 Å². The highest BCUT2D eigenvalue weighted by Gasteiger charge is 2.45. The van der Waals surface area contributed by atoms with E-state index in [-0.39, 0.29) is 43.3 Å². The van der Waals surface area contributed by atoms with Crippen molar-refractivity contribution in [2.45, 2.75) is 44.7 Å². The normalized spacial score (nSPS) is 19.5. The van der Waals surface area contributed by atoms with Gasteiger partial charge >= 0.3 is 6.01 Å². The molecule has 3 aliphatic rings. The zero-order valence-electron chi connectivity index (χ0n) is 26.5. The van der Waals surface area contributed by atoms with E-state index in [4.69, 9.17) is 21.3 Å². The van der Waals surface area contributed by atoms with Crippen LogP contribution >= 0.6 is 0 Å². The highest BCUT2D eigenvalue weighted by atomic mass is 19.3. The van der Waals surface area contributed by atoms with Gasteiger partial charge in [-0.05, 0) is 37.9 Å². The number of nitrogens with zero attached hydrogens (tertiary/aromatic N) is 8. The number of aromatic nitrogens is 3. The van der Waals surface area contributed by atoms with Gasteiger partial charge in [0.2, 0.25) is 18.4 Å². The van der Waals surface area contributed by atoms with Gasteiger partial charge in [0, 0.05) is 74.6 Å². The van der Waals surface area contributed by atoms with Crippen molar-refractivity contribution >= 4 is 28.2 Å². The van der Waals surface area contributed by atoms with Crippen molar-refractivity contribution < 1.29 is 18.3 Å². The summed E-state index contributed by atoms with van der Waals surface area (Å²) in [6.45, 7) is 17.7. The van der Waals surface area contributed by atoms with Crippen LogP contribution in [0.15, 0.2) is 43.2 Å². The fourth-order valence-corrected chi connectivity index (χ4v) is 7.02. The van der Waals surface area contributed by atoms with Crippen molar-refractivity contribution in [2.75, 3.05) is 69.3 Å². The first-order valence-corrected chi connectivity index (χ1v) is 15.8. The minimum Gasteiger partial charge on any atom is -0.462 e. The van der Waals surface area contributed by atoms with Crippen molar-refractivity contribution in [3.8, 4) is 6.01 Å². The van der Waals surface area contributed by atoms with Crippen LogP contribution in [0.2, 0.25) is 0 Å². The van der Waals surface area contributed by atoms with Crippen LogP contribution in [-0.4, -0.2) is 102 Å². The van der Waals surface area contributed by atoms with E-state index in [1.807, 2.05) is 30.4 Å². The number of ether oxygens (including phenoxy) is 1. The molecular weight excluding hydrogens is 590 g/mol. The number of hydrogen-bond acceptors (Lipinski definition) is 8. The van der Waals surface area contributed by atoms with Gasteiger partial charge in [-0.2, -0.15) is 9.97 Å². The fraction of sp³-hybridized carbons (Fsp3) is 0.500. The van der Waals surface area contributed by atoms with Crippen LogP contribution in [0, 0.1) is 19.4 Å². The van der Waals surface area contributed by atoms with E-state index in [0.717, 1.165) is 34.7 Å². The summed E-state index contributed by atoms with van der Waals surface area (Å²) in [5, 5.41) is 2.26. The second-order valence-corrected chi connectivity index (χ2v) is 12.7. The number of likely N-dealkylation sites (N-methyl/N-ethyl adjacent to an activating group) is 1. The number of halogens is 2. The maximum atomic E-state index is 13.3. The molecule has 1 aliphatic carbocycles. The zero-order chi connectivity index (χ0) is 32.4. The predicted molar refractivity (Wildman–Crippen MR) is 173 cm³/mol. The van der Waals surface area contributed by atoms with E-state index in [1.165, 1.54) is 17.0 Å². The molecule has 1 amide bonds. The predicted octanol–water partition coefficient (Wildman–Crippen LogP) is 4.37. The first-order chi connectivity index (χ1) is 22.2. The third-order valence-electron chi connectivity index (χ3n) is 9.33. The first kappa shape index (κ1) is 31.6. The third kappa shape index (κ3) is 6.60. The quantitative estimate of drug-likeness (QED) is 0.241. The summed E-state index contributed by atoms with van der Waals surface area (Å²) in [5.74, 6) is -1.92. The van der Waals surface area contributed by atoms with Gasteiger partial charge in [-0.3, -0.25) is 9.78 Å². The number of piperazine rings is 1. The van der Waals surface area contributed by atoms with Crippen molar-refractivity contribution in [3.05, 3.63) is 71.5 Å². The number of carbonyl (C=O) groups excluding carboxylic acids is 1. The number of aryl methyl sites for hydroxylation is 1. The smallest absolute Gasteiger partial charge is 0.318 e. The molecule has 0 bridgehead atoms. The van der Waals surface area contributed by atoms with Crippen LogP contribution in [0.4, 0.5) is 20.3 Å². The lowest BCUT2D eigenvalue weighted by molar-refractivity contribution is -0.128. The van der Waals surface area contributed by atoms with Crippen LogP contribution in [0.5, 0.6) is 6.01 Å². The average Bonchev–Trinajstić information content (AvgIpc) is 3.03. The summed E-state index contributed by atoms with van der Waals surface area (Å²) in [6, 6.07) is 6.20. The Labute approximate surface area is 268 Å². The largest absolute Gasteiger partial charge is 0.462 e. The number of rotatable bonds is 10. The van der Waals surface area contributed by atoms with Crippen molar-refractivity contribution in [3.63, 3.8) is 0 Å². The Hall–Kier alpha value is -4.37. The zero-order valence-corrected chi connectivity index (χ0v) is 26.5. The van der Waals surface area contributed by atoms with Gasteiger partial charge < -0.3 is 29.2 Å². The second-order valence-electron chi connectivity index (χ2n) is 12.7. The molecule has 2 fully saturated rings. The van der Waals surface area contributed by atoms with Crippen LogP contribution in [0.3, 0.4) is 0 Å². The van der Waals surface area contributed by atoms with E-state index in [0.29, 0.717) is 52.3 Å². The summed E-state index contributed by atoms with van der Waals surface area (Å²) in [6.07, 6.45) is 5.70. The van der Waals surface area contributed by atoms with Gasteiger partial charge in [-0.1, -0.05) is 24.8 Å². The molecule has 0 N–H and O–H groups in total. The maximum Gasteiger partial charge on any atom is 0.318 e. The van der Waals surface area contributed by atoms with Gasteiger partial charge in [0.1, 0.15) is 18.5 Å². The summed E-state index contributed by atoms with van der Waals surface area (Å²) in [4.78, 5) is 38.7. The second kappa shape index (κ2) is 13.2. The number of hydrogen-bond donors (Lipinski definition) is 0. The molecule has 0 unspecified atom stereocenters. The number of anilines is 2. The maximum absolute atomic E-state index is 13.3. The highest BCUT2D eigenvalue weighted by molar-refractivity contribution is 5.96. The summed E-state index contributed by atoms with van der Waals surface area (Å²) in [5.41, 5.74) is 4.15. The Morgan fingerprint density at radius 2 is 2.04 bits per heavy atom. The Morgan fingerprint density at radius 1 is 1.22 bits per heavy atom. The lowest BCUT2D eigenvalue weighted by Crippen LogP contribution is -2.56. The first-order valence-electron chi connectivity index (χ1n) is 15.8. The Balaban J connectivity index is 1.26. The van der Waals surface area contributed by atoms with Gasteiger partial charge in [0.05, 0.1) is 24.1 Å². The number of fused-ring (bicyclic) bond motifs is 2. The SMILES string of the molecule is [C-]#[N+]C[C@H]1CN(c2nc(OCCN(C)CC3CC(F)(F)C3)nc3c2CCN(c2cncc4cccc(C)c24)C3)CCN1C(=O)C=C. The number of pyridine rings is 1. The molecule has 3 aromatic rings. The van der Waals surface area contributed by atoms with Gasteiger partial charge in [-0.25, -0.2) is 15.4 Å². The lowest BCUT2D eigenvalue weighted by Gasteiger charge is -2.41. The molecule has 1 atom stereocenters. The number of carbonyl (C=O) groups is 1. The van der Waals surface area contributed by atoms with Gasteiger partial charge in [0.15, 0.2) is 0 Å². The summed E-state index contributed by atoms with van der Waals surface area (Å²) in [7, 11) is 1.92. The molecular formula is C34H40F2N8O2. The summed E-state index contributed by atoms with van der Waals surface area (Å²) >= 11 is 0. The molecule has 4 heterocycles. The van der Waals surface area contributed by atoms with Crippen molar-refractivity contribution in [1.29, 1.82) is 0 Å². The minimum absolute atomic E-state index is 0.000173. The van der Waals surface area contributed by atoms with Crippen LogP contribution in [0.25, 0.3) is 15.6 Å². The van der Waals surface area contributed by atoms with E-state index < -0.39 is 5.92 Å². The minimum atomic E-state index is -2.53. The van der Waals surface area contributed by atoms with E-state index in [2.05, 4.69) is 45.3 Å². The molecule has 12 heteroatoms. The molecule has 242 valence electrons.